The molecule has 1 aromatic heterocycles. The average molecular weight is 430 g/mol. The summed E-state index contributed by atoms with van der Waals surface area (Å²) in [6, 6.07) is 23.6. The summed E-state index contributed by atoms with van der Waals surface area (Å²) in [6.45, 7) is 0. The Morgan fingerprint density at radius 3 is 2.25 bits per heavy atom. The maximum Gasteiger partial charge on any atom is 0.261 e. The highest BCUT2D eigenvalue weighted by Gasteiger charge is 2.19. The van der Waals surface area contributed by atoms with E-state index in [1.54, 1.807) is 24.3 Å². The Hall–Kier alpha value is -4.06. The molecule has 160 valence electrons. The number of pyridine rings is 1. The van der Waals surface area contributed by atoms with Gasteiger partial charge in [-0.1, -0.05) is 54.6 Å². The zero-order valence-electron chi connectivity index (χ0n) is 17.0. The highest BCUT2D eigenvalue weighted by atomic mass is 19.1. The fourth-order valence-electron chi connectivity index (χ4n) is 3.55. The number of hydrogen-bond acceptors (Lipinski definition) is 2. The Bertz CT molecular complexity index is 1300. The molecular weight excluding hydrogens is 410 g/mol. The van der Waals surface area contributed by atoms with Crippen LogP contribution in [0.25, 0.3) is 11.3 Å². The molecular formula is C26H20F2N2O2. The van der Waals surface area contributed by atoms with Gasteiger partial charge in [0.2, 0.25) is 0 Å². The van der Waals surface area contributed by atoms with Crippen LogP contribution in [0.5, 0.6) is 0 Å². The predicted octanol–water partition coefficient (Wildman–Crippen LogP) is 5.03. The smallest absolute Gasteiger partial charge is 0.261 e. The number of amides is 1. The van der Waals surface area contributed by atoms with Crippen molar-refractivity contribution in [2.24, 2.45) is 0 Å². The molecule has 0 radical (unpaired) electrons. The summed E-state index contributed by atoms with van der Waals surface area (Å²) in [5.74, 6) is -1.46. The summed E-state index contributed by atoms with van der Waals surface area (Å²) >= 11 is 0. The number of benzene rings is 3. The van der Waals surface area contributed by atoms with E-state index < -0.39 is 29.1 Å². The molecule has 2 N–H and O–H groups in total. The van der Waals surface area contributed by atoms with E-state index in [4.69, 9.17) is 0 Å². The van der Waals surface area contributed by atoms with Crippen LogP contribution in [-0.4, -0.2) is 10.9 Å². The maximum atomic E-state index is 13.8. The fourth-order valence-corrected chi connectivity index (χ4v) is 3.55. The van der Waals surface area contributed by atoms with Crippen LogP contribution in [0, 0.1) is 11.6 Å². The monoisotopic (exact) mass is 430 g/mol. The van der Waals surface area contributed by atoms with Crippen molar-refractivity contribution in [3.8, 4) is 11.3 Å². The van der Waals surface area contributed by atoms with Gasteiger partial charge in [0.25, 0.3) is 11.5 Å². The lowest BCUT2D eigenvalue weighted by Gasteiger charge is -2.20. The highest BCUT2D eigenvalue weighted by molar-refractivity contribution is 5.94. The molecule has 0 aliphatic rings. The van der Waals surface area contributed by atoms with Crippen molar-refractivity contribution in [3.63, 3.8) is 0 Å². The van der Waals surface area contributed by atoms with E-state index in [9.17, 15) is 18.4 Å². The summed E-state index contributed by atoms with van der Waals surface area (Å²) in [6.07, 6.45) is 0.229. The predicted molar refractivity (Wildman–Crippen MR) is 119 cm³/mol. The van der Waals surface area contributed by atoms with Gasteiger partial charge in [-0.25, -0.2) is 8.78 Å². The highest BCUT2D eigenvalue weighted by Crippen LogP contribution is 2.21. The number of carbonyl (C=O) groups is 1. The number of aromatic amines is 1. The quantitative estimate of drug-likeness (QED) is 0.451. The van der Waals surface area contributed by atoms with Crippen LogP contribution in [0.3, 0.4) is 0 Å². The van der Waals surface area contributed by atoms with Gasteiger partial charge in [0.1, 0.15) is 17.2 Å². The second-order valence-electron chi connectivity index (χ2n) is 7.40. The number of rotatable bonds is 6. The molecule has 3 aromatic carbocycles. The van der Waals surface area contributed by atoms with Gasteiger partial charge in [0.15, 0.2) is 0 Å². The minimum atomic E-state index is -0.659. The first-order valence-corrected chi connectivity index (χ1v) is 10.1. The van der Waals surface area contributed by atoms with E-state index in [2.05, 4.69) is 10.3 Å². The SMILES string of the molecule is O=C(NC(Cc1cccc(F)c1)c1cccc(F)c1)c1ccc(-c2ccccc2)[nH]c1=O. The van der Waals surface area contributed by atoms with E-state index in [1.807, 2.05) is 30.3 Å². The lowest BCUT2D eigenvalue weighted by Crippen LogP contribution is -2.34. The summed E-state index contributed by atoms with van der Waals surface area (Å²) < 4.78 is 27.5. The van der Waals surface area contributed by atoms with Crippen molar-refractivity contribution < 1.29 is 13.6 Å². The number of H-pyrrole nitrogens is 1. The number of hydrogen-bond donors (Lipinski definition) is 2. The van der Waals surface area contributed by atoms with Gasteiger partial charge >= 0.3 is 0 Å². The number of aromatic nitrogens is 1. The van der Waals surface area contributed by atoms with Gasteiger partial charge in [0, 0.05) is 5.69 Å². The number of carbonyl (C=O) groups excluding carboxylic acids is 1. The molecule has 0 aliphatic carbocycles. The molecule has 1 atom stereocenters. The first-order valence-electron chi connectivity index (χ1n) is 10.1. The van der Waals surface area contributed by atoms with Gasteiger partial charge in [-0.2, -0.15) is 0 Å². The molecule has 1 amide bonds. The minimum Gasteiger partial charge on any atom is -0.345 e. The van der Waals surface area contributed by atoms with Crippen molar-refractivity contribution in [1.82, 2.24) is 10.3 Å². The summed E-state index contributed by atoms with van der Waals surface area (Å²) in [5.41, 5.74) is 1.96. The first-order chi connectivity index (χ1) is 15.5. The summed E-state index contributed by atoms with van der Waals surface area (Å²) in [7, 11) is 0. The van der Waals surface area contributed by atoms with Gasteiger partial charge in [-0.15, -0.1) is 0 Å². The lowest BCUT2D eigenvalue weighted by molar-refractivity contribution is 0.0935. The third kappa shape index (κ3) is 4.98. The Balaban J connectivity index is 1.61. The third-order valence-electron chi connectivity index (χ3n) is 5.12. The van der Waals surface area contributed by atoms with E-state index >= 15 is 0 Å². The molecule has 32 heavy (non-hydrogen) atoms. The molecule has 4 aromatic rings. The lowest BCUT2D eigenvalue weighted by atomic mass is 9.98. The number of halogens is 2. The summed E-state index contributed by atoms with van der Waals surface area (Å²) in [5, 5.41) is 2.80. The van der Waals surface area contributed by atoms with Crippen LogP contribution in [-0.2, 0) is 6.42 Å². The maximum absolute atomic E-state index is 13.8. The molecule has 4 nitrogen and oxygen atoms in total. The van der Waals surface area contributed by atoms with E-state index in [-0.39, 0.29) is 12.0 Å². The van der Waals surface area contributed by atoms with Crippen molar-refractivity contribution in [1.29, 1.82) is 0 Å². The van der Waals surface area contributed by atoms with Gasteiger partial charge < -0.3 is 10.3 Å². The second kappa shape index (κ2) is 9.39. The van der Waals surface area contributed by atoms with Gasteiger partial charge in [-0.3, -0.25) is 9.59 Å². The molecule has 6 heteroatoms. The van der Waals surface area contributed by atoms with E-state index in [0.29, 0.717) is 16.8 Å². The largest absolute Gasteiger partial charge is 0.345 e. The molecule has 0 aliphatic heterocycles. The van der Waals surface area contributed by atoms with E-state index in [1.165, 1.54) is 36.4 Å². The summed E-state index contributed by atoms with van der Waals surface area (Å²) in [4.78, 5) is 28.3. The Morgan fingerprint density at radius 2 is 1.56 bits per heavy atom. The van der Waals surface area contributed by atoms with Crippen LogP contribution in [0.15, 0.2) is 95.8 Å². The van der Waals surface area contributed by atoms with Crippen LogP contribution >= 0.6 is 0 Å². The topological polar surface area (TPSA) is 62.0 Å². The van der Waals surface area contributed by atoms with Crippen LogP contribution in [0.2, 0.25) is 0 Å². The first kappa shape index (κ1) is 21.2. The van der Waals surface area contributed by atoms with Crippen molar-refractivity contribution in [2.45, 2.75) is 12.5 Å². The molecule has 0 fully saturated rings. The molecule has 1 heterocycles. The van der Waals surface area contributed by atoms with E-state index in [0.717, 1.165) is 5.56 Å². The number of nitrogens with one attached hydrogen (secondary N) is 2. The van der Waals surface area contributed by atoms with Crippen molar-refractivity contribution in [2.75, 3.05) is 0 Å². The van der Waals surface area contributed by atoms with Crippen LogP contribution in [0.1, 0.15) is 27.5 Å². The second-order valence-corrected chi connectivity index (χ2v) is 7.40. The normalized spacial score (nSPS) is 11.7. The zero-order valence-corrected chi connectivity index (χ0v) is 17.0. The molecule has 0 bridgehead atoms. The molecule has 0 saturated heterocycles. The molecule has 1 unspecified atom stereocenters. The van der Waals surface area contributed by atoms with Gasteiger partial charge in [0.05, 0.1) is 6.04 Å². The Morgan fingerprint density at radius 1 is 0.844 bits per heavy atom. The van der Waals surface area contributed by atoms with Crippen LogP contribution < -0.4 is 10.9 Å². The third-order valence-corrected chi connectivity index (χ3v) is 5.12. The van der Waals surface area contributed by atoms with Crippen molar-refractivity contribution >= 4 is 5.91 Å². The Kier molecular flexibility index (Phi) is 6.22. The fraction of sp³-hybridized carbons (Fsp3) is 0.0769. The molecule has 0 saturated carbocycles. The average Bonchev–Trinajstić information content (AvgIpc) is 2.79. The van der Waals surface area contributed by atoms with Crippen molar-refractivity contribution in [3.05, 3.63) is 130 Å². The molecule has 0 spiro atoms. The van der Waals surface area contributed by atoms with Crippen LogP contribution in [0.4, 0.5) is 8.78 Å². The minimum absolute atomic E-state index is 0.0645. The Labute approximate surface area is 183 Å². The van der Waals surface area contributed by atoms with Gasteiger partial charge in [-0.05, 0) is 59.5 Å². The zero-order chi connectivity index (χ0) is 22.5. The molecule has 4 rings (SSSR count). The standard InChI is InChI=1S/C26H20F2N2O2/c27-20-10-4-6-17(14-20)15-24(19-9-5-11-21(28)16-19)30-26(32)22-12-13-23(29-25(22)31)18-7-2-1-3-8-18/h1-14,16,24H,15H2,(H,29,31)(H,30,32).